The van der Waals surface area contributed by atoms with Crippen molar-refractivity contribution in [3.05, 3.63) is 267 Å². The predicted molar refractivity (Wildman–Crippen MR) is 499 cm³/mol. The fourth-order valence-electron chi connectivity index (χ4n) is 16.1. The molecule has 0 fully saturated rings. The first-order chi connectivity index (χ1) is 57.9. The average Bonchev–Trinajstić information content (AvgIpc) is 0.676. The van der Waals surface area contributed by atoms with Crippen molar-refractivity contribution in [2.45, 2.75) is 288 Å². The Morgan fingerprint density at radius 1 is 0.230 bits per heavy atom. The number of anilines is 6. The van der Waals surface area contributed by atoms with Gasteiger partial charge in [0.1, 0.15) is 0 Å². The molecule has 0 saturated carbocycles. The molecule has 2 aliphatic heterocycles. The topological polar surface area (TPSA) is 6.48 Å². The molecule has 11 aromatic rings. The van der Waals surface area contributed by atoms with Gasteiger partial charge in [-0.05, 0) is 230 Å². The first kappa shape index (κ1) is 65.4. The lowest BCUT2D eigenvalue weighted by Crippen LogP contribution is -2.61. The van der Waals surface area contributed by atoms with E-state index in [4.69, 9.17) is 1.37 Å². The molecule has 0 aliphatic carbocycles. The summed E-state index contributed by atoms with van der Waals surface area (Å²) in [5.74, 6) is 0. The van der Waals surface area contributed by atoms with Crippen molar-refractivity contribution in [3.8, 4) is 66.8 Å². The van der Waals surface area contributed by atoms with Crippen LogP contribution in [-0.2, 0) is 59.6 Å². The Hall–Kier alpha value is -8.92. The van der Waals surface area contributed by atoms with Crippen molar-refractivity contribution in [2.24, 2.45) is 0 Å². The van der Waals surface area contributed by atoms with Gasteiger partial charge < -0.3 is 9.80 Å². The fourth-order valence-corrected chi connectivity index (χ4v) is 16.1. The summed E-state index contributed by atoms with van der Waals surface area (Å²) in [4.78, 5) is 4.54. The third kappa shape index (κ3) is 15.8. The van der Waals surface area contributed by atoms with E-state index < -0.39 is 80.2 Å². The van der Waals surface area contributed by atoms with Crippen molar-refractivity contribution in [3.63, 3.8) is 0 Å². The highest BCUT2D eigenvalue weighted by molar-refractivity contribution is 7.00. The number of benzene rings is 11. The summed E-state index contributed by atoms with van der Waals surface area (Å²) in [5.41, 5.74) is 12.8. The Bertz CT molecular complexity index is 6310. The highest BCUT2D eigenvalue weighted by Gasteiger charge is 2.48. The van der Waals surface area contributed by atoms with Crippen molar-refractivity contribution >= 4 is 57.2 Å². The van der Waals surface area contributed by atoms with E-state index in [-0.39, 0.29) is 121 Å². The molecule has 2 aliphatic rings. The lowest BCUT2D eigenvalue weighted by atomic mass is 9.33. The van der Waals surface area contributed by atoms with Crippen LogP contribution in [0, 0.1) is 0 Å². The van der Waals surface area contributed by atoms with Crippen LogP contribution in [-0.4, -0.2) is 6.71 Å². The van der Waals surface area contributed by atoms with Crippen LogP contribution < -0.4 is 26.2 Å². The molecule has 113 heavy (non-hydrogen) atoms. The zero-order valence-corrected chi connectivity index (χ0v) is 74.5. The van der Waals surface area contributed by atoms with Crippen molar-refractivity contribution < 1.29 is 19.2 Å². The van der Waals surface area contributed by atoms with Gasteiger partial charge in [0.25, 0.3) is 6.71 Å². The Kier molecular flexibility index (Phi) is 16.2. The van der Waals surface area contributed by atoms with Crippen LogP contribution in [0.1, 0.15) is 309 Å². The van der Waals surface area contributed by atoms with Gasteiger partial charge in [0.2, 0.25) is 0 Å². The summed E-state index contributed by atoms with van der Waals surface area (Å²) in [5, 5.41) is 0. The smallest absolute Gasteiger partial charge is 0.252 e. The second kappa shape index (κ2) is 27.9. The predicted octanol–water partition coefficient (Wildman–Crippen LogP) is 30.0. The van der Waals surface area contributed by atoms with Crippen LogP contribution in [0.2, 0.25) is 0 Å². The van der Waals surface area contributed by atoms with Crippen LogP contribution in [0.15, 0.2) is 206 Å². The lowest BCUT2D eigenvalue weighted by molar-refractivity contribution is 0.568. The fraction of sp³-hybridized carbons (Fsp3) is 0.400. The highest BCUT2D eigenvalue weighted by Crippen LogP contribution is 2.58. The van der Waals surface area contributed by atoms with Crippen molar-refractivity contribution in [2.75, 3.05) is 9.80 Å². The van der Waals surface area contributed by atoms with Gasteiger partial charge in [-0.1, -0.05) is 386 Å². The molecule has 0 unspecified atom stereocenters. The summed E-state index contributed by atoms with van der Waals surface area (Å²) < 4.78 is 145. The van der Waals surface area contributed by atoms with Gasteiger partial charge in [0.15, 0.2) is 0 Å². The summed E-state index contributed by atoms with van der Waals surface area (Å²) >= 11 is 0. The van der Waals surface area contributed by atoms with Crippen LogP contribution in [0.4, 0.5) is 34.1 Å². The number of nitrogens with zero attached hydrogens (tertiary/aromatic N) is 2. The summed E-state index contributed by atoms with van der Waals surface area (Å²) in [6.07, 6.45) is 0. The number of rotatable bonds is 8. The largest absolute Gasteiger partial charge is 0.310 e. The van der Waals surface area contributed by atoms with Crippen molar-refractivity contribution in [1.82, 2.24) is 0 Å². The van der Waals surface area contributed by atoms with E-state index in [1.54, 1.807) is 0 Å². The van der Waals surface area contributed by atoms with Gasteiger partial charge in [-0.15, -0.1) is 0 Å². The van der Waals surface area contributed by atoms with Gasteiger partial charge in [0, 0.05) is 45.0 Å². The zero-order chi connectivity index (χ0) is 94.9. The van der Waals surface area contributed by atoms with E-state index in [1.807, 2.05) is 95.2 Å². The molecule has 13 rings (SSSR count). The molecule has 3 heteroatoms. The molecule has 2 nitrogen and oxygen atoms in total. The Morgan fingerprint density at radius 2 is 0.637 bits per heavy atom. The minimum atomic E-state index is -1.09. The first-order valence-corrected chi connectivity index (χ1v) is 41.0. The molecule has 0 aromatic heterocycles. The standard InChI is InChI=1S/C110H133BN2/c1-100(2,3)73-47-43-69(44-48-73)83-61-78(105(16,17)18)64-87(84-60-74(101(4,5)6)50-52-89(84)109(28,29)30)98(83)112-94-58-71(72-55-76(103(10,11)12)59-77(56-72)104(13,14)15)46-54-92(94)111-91-53-45-70(68-39-35-34-36-40-68)57-93(91)113(96-67-80(107(22,23)24)66-95(112)97(96)111)99-85(81-41-37-38-42-88(81)108(25,26)27)62-79(106(19,20)21)63-86(99)82-51-49-75(102(7,8)9)65-90(82)110(31,32)33/h34-67H,1-33H3/i34D,35D,36D,39D,40D,43D,44D,47D,48D,50D,52D,60D,61D,64D. The third-order valence-electron chi connectivity index (χ3n) is 23.1. The molecule has 0 saturated heterocycles. The summed E-state index contributed by atoms with van der Waals surface area (Å²) in [7, 11) is 0. The van der Waals surface area contributed by atoms with E-state index in [2.05, 4.69) is 264 Å². The van der Waals surface area contributed by atoms with Gasteiger partial charge in [-0.3, -0.25) is 0 Å². The Labute approximate surface area is 704 Å². The highest BCUT2D eigenvalue weighted by atomic mass is 15.2. The maximum atomic E-state index is 11.7. The molecule has 0 atom stereocenters. The van der Waals surface area contributed by atoms with Crippen molar-refractivity contribution in [1.29, 1.82) is 0 Å². The van der Waals surface area contributed by atoms with Gasteiger partial charge in [0.05, 0.1) is 30.6 Å². The first-order valence-electron chi connectivity index (χ1n) is 48.0. The molecule has 0 radical (unpaired) electrons. The maximum Gasteiger partial charge on any atom is 0.252 e. The van der Waals surface area contributed by atoms with E-state index in [1.165, 1.54) is 0 Å². The third-order valence-corrected chi connectivity index (χ3v) is 23.1. The summed E-state index contributed by atoms with van der Waals surface area (Å²) in [6, 6.07) is 39.9. The van der Waals surface area contributed by atoms with E-state index in [0.717, 1.165) is 94.4 Å². The molecule has 0 N–H and O–H groups in total. The van der Waals surface area contributed by atoms with Crippen LogP contribution in [0.3, 0.4) is 0 Å². The van der Waals surface area contributed by atoms with E-state index in [9.17, 15) is 17.8 Å². The number of fused-ring (bicyclic) bond motifs is 4. The average molecular weight is 1510 g/mol. The second-order valence-corrected chi connectivity index (χ2v) is 43.8. The molecule has 0 spiro atoms. The van der Waals surface area contributed by atoms with Gasteiger partial charge in [-0.2, -0.15) is 0 Å². The molecule has 0 bridgehead atoms. The Balaban J connectivity index is 1.42. The second-order valence-electron chi connectivity index (χ2n) is 43.8. The molecule has 0 amide bonds. The monoisotopic (exact) mass is 1510 g/mol. The van der Waals surface area contributed by atoms with Crippen LogP contribution >= 0.6 is 0 Å². The number of hydrogen-bond donors (Lipinski definition) is 0. The molecule has 2 heterocycles. The molecular formula is C110H133BN2. The van der Waals surface area contributed by atoms with Gasteiger partial charge >= 0.3 is 0 Å². The van der Waals surface area contributed by atoms with E-state index in [0.29, 0.717) is 33.9 Å². The minimum absolute atomic E-state index is 0.0215. The minimum Gasteiger partial charge on any atom is -0.310 e. The SMILES string of the molecule is [2H]c1c([2H])c([2H])c(-c2ccc3c(c2)N(c2c(-c4ccccc4C(C)(C)C)cc(C(C)(C)C)cc2-c2ccc(C(C)(C)C)cc2C(C)(C)C)c2cc(C(C)(C)C)cc4c2B3c2ccc(-c3cc(C(C)(C)C)cc(C(C)(C)C)c3)cc2N4c2c(-c3c([2H])c([2H])c(C(C)(C)C)c([2H])c3[2H])c([2H])c(C(C)(C)C)c([2H])c2-c2c([2H])c(C(C)(C)C)c([2H])c([2H])c2C(C)(C)C)c([2H])c1[2H]. The zero-order valence-electron chi connectivity index (χ0n) is 88.5. The molecule has 11 aromatic carbocycles. The summed E-state index contributed by atoms with van der Waals surface area (Å²) in [6.45, 7) is 69.2. The molecular weight excluding hydrogens is 1360 g/mol. The molecule has 586 valence electrons. The normalized spacial score (nSPS) is 15.7. The van der Waals surface area contributed by atoms with Crippen LogP contribution in [0.25, 0.3) is 66.8 Å². The number of hydrogen-bond acceptors (Lipinski definition) is 2. The Morgan fingerprint density at radius 3 is 1.11 bits per heavy atom. The van der Waals surface area contributed by atoms with Gasteiger partial charge in [-0.25, -0.2) is 0 Å². The van der Waals surface area contributed by atoms with E-state index >= 15 is 0 Å². The quantitative estimate of drug-likeness (QED) is 0.140. The maximum absolute atomic E-state index is 11.7. The lowest BCUT2D eigenvalue weighted by Gasteiger charge is -2.47. The van der Waals surface area contributed by atoms with Crippen LogP contribution in [0.5, 0.6) is 0 Å².